The van der Waals surface area contributed by atoms with Crippen LogP contribution in [-0.2, 0) is 12.8 Å². The Labute approximate surface area is 218 Å². The van der Waals surface area contributed by atoms with Crippen LogP contribution in [0.15, 0.2) is 65.8 Å². The molecule has 2 aromatic carbocycles. The number of hydrogen-bond acceptors (Lipinski definition) is 3. The van der Waals surface area contributed by atoms with Crippen molar-refractivity contribution in [1.29, 1.82) is 0 Å². The van der Waals surface area contributed by atoms with Gasteiger partial charge in [0.05, 0.1) is 5.56 Å². The quantitative estimate of drug-likeness (QED) is 0.276. The van der Waals surface area contributed by atoms with Gasteiger partial charge in [-0.25, -0.2) is 4.99 Å². The summed E-state index contributed by atoms with van der Waals surface area (Å²) in [6, 6.07) is 18.5. The number of amides is 1. The molecular weight excluding hydrogens is 462 g/mol. The molecule has 0 aliphatic heterocycles. The lowest BCUT2D eigenvalue weighted by Crippen LogP contribution is -2.27. The van der Waals surface area contributed by atoms with Crippen molar-refractivity contribution in [2.75, 3.05) is 5.32 Å². The first-order valence-electron chi connectivity index (χ1n) is 12.9. The number of carbonyl (C=O) groups is 1. The maximum Gasteiger partial charge on any atom is 0.259 e. The van der Waals surface area contributed by atoms with Crippen molar-refractivity contribution >= 4 is 45.0 Å². The number of para-hydroxylation sites is 2. The summed E-state index contributed by atoms with van der Waals surface area (Å²) in [5.74, 6) is 0.541. The smallest absolute Gasteiger partial charge is 0.259 e. The van der Waals surface area contributed by atoms with E-state index in [1.54, 1.807) is 11.3 Å². The van der Waals surface area contributed by atoms with Crippen molar-refractivity contribution < 1.29 is 4.79 Å². The van der Waals surface area contributed by atoms with Crippen LogP contribution in [-0.4, -0.2) is 16.7 Å². The molecule has 0 radical (unpaired) electrons. The fraction of sp³-hybridized carbons (Fsp3) is 0.355. The Morgan fingerprint density at radius 1 is 1.11 bits per heavy atom. The number of nitrogens with one attached hydrogen (secondary N) is 1. The van der Waals surface area contributed by atoms with Gasteiger partial charge >= 0.3 is 0 Å². The highest BCUT2D eigenvalue weighted by Gasteiger charge is 2.33. The zero-order valence-corrected chi connectivity index (χ0v) is 22.7. The Kier molecular flexibility index (Phi) is 6.60. The molecule has 2 aromatic heterocycles. The third-order valence-electron chi connectivity index (χ3n) is 7.38. The molecule has 0 spiro atoms. The number of hydrogen-bond donors (Lipinski definition) is 1. The molecule has 36 heavy (non-hydrogen) atoms. The summed E-state index contributed by atoms with van der Waals surface area (Å²) in [4.78, 5) is 19.9. The number of thiophene rings is 1. The molecule has 186 valence electrons. The van der Waals surface area contributed by atoms with Gasteiger partial charge in [-0.3, -0.25) is 4.79 Å². The van der Waals surface area contributed by atoms with E-state index in [0.717, 1.165) is 41.1 Å². The van der Waals surface area contributed by atoms with Gasteiger partial charge in [0.2, 0.25) is 0 Å². The Morgan fingerprint density at radius 3 is 2.56 bits per heavy atom. The Balaban J connectivity index is 1.56. The van der Waals surface area contributed by atoms with Crippen LogP contribution in [0.4, 0.5) is 10.7 Å². The third kappa shape index (κ3) is 4.77. The van der Waals surface area contributed by atoms with E-state index in [1.807, 2.05) is 36.5 Å². The van der Waals surface area contributed by atoms with Gasteiger partial charge in [-0.15, -0.1) is 11.3 Å². The number of benzene rings is 2. The minimum absolute atomic E-state index is 0.0651. The fourth-order valence-electron chi connectivity index (χ4n) is 5.24. The average Bonchev–Trinajstić information content (AvgIpc) is 3.40. The van der Waals surface area contributed by atoms with Gasteiger partial charge in [0.1, 0.15) is 5.00 Å². The van der Waals surface area contributed by atoms with Crippen molar-refractivity contribution in [1.82, 2.24) is 4.57 Å². The maximum absolute atomic E-state index is 13.6. The summed E-state index contributed by atoms with van der Waals surface area (Å²) in [5, 5.41) is 5.10. The maximum atomic E-state index is 13.6. The van der Waals surface area contributed by atoms with Crippen LogP contribution in [0, 0.1) is 11.3 Å². The van der Waals surface area contributed by atoms with Crippen LogP contribution in [0.3, 0.4) is 0 Å². The number of aliphatic imine (C=N–C) groups is 1. The van der Waals surface area contributed by atoms with Crippen LogP contribution >= 0.6 is 11.3 Å². The van der Waals surface area contributed by atoms with Gasteiger partial charge in [0.25, 0.3) is 5.91 Å². The van der Waals surface area contributed by atoms with Crippen molar-refractivity contribution in [2.45, 2.75) is 59.9 Å². The lowest BCUT2D eigenvalue weighted by Gasteiger charge is -2.33. The minimum Gasteiger partial charge on any atom is -0.344 e. The van der Waals surface area contributed by atoms with Gasteiger partial charge in [-0.1, -0.05) is 57.2 Å². The monoisotopic (exact) mass is 497 g/mol. The standard InChI is InChI=1S/C31H35N3OS/c1-20(2)34-19-21(24-13-9-10-14-26(24)34)18-32-30-28(29(35)33-23-11-7-6-8-12-23)25-16-15-22(31(3,4)5)17-27(25)36-30/h6-14,18-20,22H,15-17H2,1-5H3,(H,33,35)/t22-/m1/s1. The second-order valence-corrected chi connectivity index (χ2v) is 12.3. The van der Waals surface area contributed by atoms with E-state index in [2.05, 4.69) is 75.0 Å². The molecule has 0 saturated carbocycles. The molecule has 4 aromatic rings. The summed E-state index contributed by atoms with van der Waals surface area (Å²) >= 11 is 1.69. The lowest BCUT2D eigenvalue weighted by atomic mass is 9.72. The number of aromatic nitrogens is 1. The highest BCUT2D eigenvalue weighted by atomic mass is 32.1. The molecule has 0 unspecified atom stereocenters. The molecule has 2 heterocycles. The molecule has 1 amide bonds. The Hall–Kier alpha value is -3.18. The molecule has 4 nitrogen and oxygen atoms in total. The third-order valence-corrected chi connectivity index (χ3v) is 8.54. The zero-order chi connectivity index (χ0) is 25.4. The normalized spacial score (nSPS) is 16.1. The van der Waals surface area contributed by atoms with E-state index in [9.17, 15) is 4.79 Å². The molecule has 1 aliphatic rings. The highest BCUT2D eigenvalue weighted by Crippen LogP contribution is 2.45. The SMILES string of the molecule is CC(C)n1cc(C=Nc2sc3c(c2C(=O)Nc2ccccc2)CC[C@@H](C(C)(C)C)C3)c2ccccc21. The number of carbonyl (C=O) groups excluding carboxylic acids is 1. The first-order chi connectivity index (χ1) is 17.2. The van der Waals surface area contributed by atoms with Crippen LogP contribution < -0.4 is 5.32 Å². The van der Waals surface area contributed by atoms with Gasteiger partial charge in [0.15, 0.2) is 0 Å². The van der Waals surface area contributed by atoms with E-state index in [0.29, 0.717) is 12.0 Å². The topological polar surface area (TPSA) is 46.4 Å². The highest BCUT2D eigenvalue weighted by molar-refractivity contribution is 7.16. The average molecular weight is 498 g/mol. The van der Waals surface area contributed by atoms with Crippen LogP contribution in [0.2, 0.25) is 0 Å². The number of anilines is 1. The molecule has 0 bridgehead atoms. The predicted molar refractivity (Wildman–Crippen MR) is 153 cm³/mol. The second kappa shape index (κ2) is 9.70. The fourth-order valence-corrected chi connectivity index (χ4v) is 6.51. The first kappa shape index (κ1) is 24.5. The summed E-state index contributed by atoms with van der Waals surface area (Å²) in [6.07, 6.45) is 7.15. The predicted octanol–water partition coefficient (Wildman–Crippen LogP) is 8.44. The van der Waals surface area contributed by atoms with Gasteiger partial charge in [-0.2, -0.15) is 0 Å². The molecular formula is C31H35N3OS. The van der Waals surface area contributed by atoms with Crippen molar-refractivity contribution in [2.24, 2.45) is 16.3 Å². The van der Waals surface area contributed by atoms with Crippen LogP contribution in [0.1, 0.15) is 73.4 Å². The summed E-state index contributed by atoms with van der Waals surface area (Å²) in [6.45, 7) is 11.4. The largest absolute Gasteiger partial charge is 0.344 e. The second-order valence-electron chi connectivity index (χ2n) is 11.2. The molecule has 1 N–H and O–H groups in total. The zero-order valence-electron chi connectivity index (χ0n) is 21.8. The molecule has 5 heteroatoms. The van der Waals surface area contributed by atoms with Gasteiger partial charge < -0.3 is 9.88 Å². The summed E-state index contributed by atoms with van der Waals surface area (Å²) in [5.41, 5.74) is 5.26. The minimum atomic E-state index is -0.0651. The van der Waals surface area contributed by atoms with E-state index < -0.39 is 0 Å². The van der Waals surface area contributed by atoms with E-state index in [-0.39, 0.29) is 11.3 Å². The number of rotatable bonds is 5. The number of fused-ring (bicyclic) bond motifs is 2. The summed E-state index contributed by atoms with van der Waals surface area (Å²) < 4.78 is 2.28. The lowest BCUT2D eigenvalue weighted by molar-refractivity contribution is 0.102. The van der Waals surface area contributed by atoms with Crippen molar-refractivity contribution in [3.63, 3.8) is 0 Å². The van der Waals surface area contributed by atoms with Crippen molar-refractivity contribution in [3.05, 3.63) is 82.4 Å². The van der Waals surface area contributed by atoms with E-state index in [1.165, 1.54) is 21.3 Å². The van der Waals surface area contributed by atoms with Crippen LogP contribution in [0.25, 0.3) is 10.9 Å². The molecule has 1 aliphatic carbocycles. The number of nitrogens with zero attached hydrogens (tertiary/aromatic N) is 2. The Bertz CT molecular complexity index is 1420. The van der Waals surface area contributed by atoms with E-state index >= 15 is 0 Å². The van der Waals surface area contributed by atoms with Crippen molar-refractivity contribution in [3.8, 4) is 0 Å². The summed E-state index contributed by atoms with van der Waals surface area (Å²) in [7, 11) is 0. The molecule has 0 fully saturated rings. The molecule has 1 atom stereocenters. The van der Waals surface area contributed by atoms with Gasteiger partial charge in [0, 0.05) is 45.5 Å². The van der Waals surface area contributed by atoms with E-state index in [4.69, 9.17) is 4.99 Å². The van der Waals surface area contributed by atoms with Crippen LogP contribution in [0.5, 0.6) is 0 Å². The first-order valence-corrected chi connectivity index (χ1v) is 13.7. The Morgan fingerprint density at radius 2 is 1.83 bits per heavy atom. The molecule has 5 rings (SSSR count). The van der Waals surface area contributed by atoms with Gasteiger partial charge in [-0.05, 0) is 68.2 Å². The molecule has 0 saturated heterocycles.